The van der Waals surface area contributed by atoms with E-state index in [0.717, 1.165) is 0 Å². The Hall–Kier alpha value is -1.59. The molecule has 0 saturated carbocycles. The Morgan fingerprint density at radius 2 is 1.87 bits per heavy atom. The summed E-state index contributed by atoms with van der Waals surface area (Å²) in [5.74, 6) is -2.12. The molecule has 0 aliphatic carbocycles. The van der Waals surface area contributed by atoms with Crippen LogP contribution in [0.25, 0.3) is 0 Å². The first kappa shape index (κ1) is 13.4. The molecule has 0 aliphatic rings. The third-order valence-electron chi connectivity index (χ3n) is 1.78. The minimum absolute atomic E-state index is 0.0378. The highest BCUT2D eigenvalue weighted by molar-refractivity contribution is 5.96. The Morgan fingerprint density at radius 1 is 1.33 bits per heavy atom. The lowest BCUT2D eigenvalue weighted by Crippen LogP contribution is -2.44. The molecule has 0 fully saturated rings. The molecule has 0 aromatic rings. The lowest BCUT2D eigenvalue weighted by molar-refractivity contribution is -0.138. The molecule has 0 unspecified atom stereocenters. The number of aliphatic carboxylic acids is 1. The van der Waals surface area contributed by atoms with Crippen molar-refractivity contribution in [2.75, 3.05) is 0 Å². The van der Waals surface area contributed by atoms with E-state index in [2.05, 4.69) is 5.32 Å². The predicted molar refractivity (Wildman–Crippen MR) is 52.9 cm³/mol. The van der Waals surface area contributed by atoms with Crippen molar-refractivity contribution >= 4 is 17.8 Å². The summed E-state index contributed by atoms with van der Waals surface area (Å²) >= 11 is 0. The summed E-state index contributed by atoms with van der Waals surface area (Å²) in [5.41, 5.74) is 4.19. The maximum absolute atomic E-state index is 11.2. The molecule has 6 heteroatoms. The van der Waals surface area contributed by atoms with E-state index >= 15 is 0 Å². The van der Waals surface area contributed by atoms with Crippen molar-refractivity contribution in [3.05, 3.63) is 0 Å². The fraction of sp³-hybridized carbons (Fsp3) is 0.667. The van der Waals surface area contributed by atoms with Crippen LogP contribution in [0.15, 0.2) is 0 Å². The van der Waals surface area contributed by atoms with E-state index in [1.54, 1.807) is 13.8 Å². The number of rotatable bonds is 6. The number of hydrogen-bond donors (Lipinski definition) is 3. The van der Waals surface area contributed by atoms with E-state index in [1.165, 1.54) is 0 Å². The van der Waals surface area contributed by atoms with Gasteiger partial charge in [-0.3, -0.25) is 14.4 Å². The van der Waals surface area contributed by atoms with Gasteiger partial charge in [0, 0.05) is 12.0 Å². The smallest absolute Gasteiger partial charge is 0.303 e. The van der Waals surface area contributed by atoms with Crippen LogP contribution >= 0.6 is 0 Å². The largest absolute Gasteiger partial charge is 0.481 e. The number of hydrogen-bond acceptors (Lipinski definition) is 3. The number of carboxylic acids is 1. The minimum Gasteiger partial charge on any atom is -0.481 e. The van der Waals surface area contributed by atoms with Gasteiger partial charge in [-0.15, -0.1) is 0 Å². The number of carbonyl (C=O) groups is 3. The van der Waals surface area contributed by atoms with Gasteiger partial charge in [0.15, 0.2) is 0 Å². The van der Waals surface area contributed by atoms with Crippen molar-refractivity contribution in [3.63, 3.8) is 0 Å². The van der Waals surface area contributed by atoms with E-state index in [0.29, 0.717) is 6.42 Å². The molecule has 0 aliphatic heterocycles. The van der Waals surface area contributed by atoms with Gasteiger partial charge in [0.25, 0.3) is 0 Å². The molecule has 2 amide bonds. The quantitative estimate of drug-likeness (QED) is 0.526. The van der Waals surface area contributed by atoms with Gasteiger partial charge in [0.05, 0.1) is 0 Å². The minimum atomic E-state index is -0.924. The van der Waals surface area contributed by atoms with Crippen LogP contribution in [-0.2, 0) is 14.4 Å². The Morgan fingerprint density at radius 3 is 2.27 bits per heavy atom. The highest BCUT2D eigenvalue weighted by Crippen LogP contribution is 2.11. The SMILES string of the molecule is CC(C)(CCC(=O)O)NC(=O)CC(N)=O. The standard InChI is InChI=1S/C9H16N2O4/c1-9(2,4-3-8(14)15)11-7(13)5-6(10)12/h3-5H2,1-2H3,(H2,10,12)(H,11,13)(H,14,15). The van der Waals surface area contributed by atoms with E-state index in [4.69, 9.17) is 10.8 Å². The number of primary amides is 1. The van der Waals surface area contributed by atoms with Gasteiger partial charge in [-0.05, 0) is 20.3 Å². The van der Waals surface area contributed by atoms with Crippen LogP contribution in [0, 0.1) is 0 Å². The predicted octanol–water partition coefficient (Wildman–Crippen LogP) is -0.379. The van der Waals surface area contributed by atoms with Gasteiger partial charge in [-0.1, -0.05) is 0 Å². The lowest BCUT2D eigenvalue weighted by atomic mass is 9.98. The topological polar surface area (TPSA) is 109 Å². The summed E-state index contributed by atoms with van der Waals surface area (Å²) in [5, 5.41) is 11.0. The number of nitrogens with one attached hydrogen (secondary N) is 1. The van der Waals surface area contributed by atoms with Crippen LogP contribution in [-0.4, -0.2) is 28.4 Å². The molecule has 4 N–H and O–H groups in total. The number of nitrogens with two attached hydrogens (primary N) is 1. The van der Waals surface area contributed by atoms with Crippen molar-refractivity contribution < 1.29 is 19.5 Å². The molecule has 0 atom stereocenters. The molecule has 0 saturated heterocycles. The summed E-state index contributed by atoms with van der Waals surface area (Å²) in [6.07, 6.45) is -0.118. The fourth-order valence-corrected chi connectivity index (χ4v) is 1.06. The summed E-state index contributed by atoms with van der Waals surface area (Å²) in [4.78, 5) is 31.9. The zero-order chi connectivity index (χ0) is 12.1. The molecule has 0 aromatic carbocycles. The van der Waals surface area contributed by atoms with Crippen molar-refractivity contribution in [3.8, 4) is 0 Å². The number of carboxylic acid groups (broad SMARTS) is 1. The van der Waals surface area contributed by atoms with Gasteiger partial charge in [-0.2, -0.15) is 0 Å². The normalized spacial score (nSPS) is 10.8. The highest BCUT2D eigenvalue weighted by Gasteiger charge is 2.21. The van der Waals surface area contributed by atoms with Crippen LogP contribution < -0.4 is 11.1 Å². The molecule has 0 radical (unpaired) electrons. The van der Waals surface area contributed by atoms with Gasteiger partial charge in [-0.25, -0.2) is 0 Å². The van der Waals surface area contributed by atoms with Crippen molar-refractivity contribution in [1.82, 2.24) is 5.32 Å². The second-order valence-electron chi connectivity index (χ2n) is 3.97. The van der Waals surface area contributed by atoms with Crippen LogP contribution in [0.1, 0.15) is 33.1 Å². The summed E-state index contributed by atoms with van der Waals surface area (Å²) in [6.45, 7) is 3.38. The maximum atomic E-state index is 11.2. The summed E-state index contributed by atoms with van der Waals surface area (Å²) in [7, 11) is 0. The van der Waals surface area contributed by atoms with Crippen molar-refractivity contribution in [2.24, 2.45) is 5.73 Å². The van der Waals surface area contributed by atoms with Crippen molar-refractivity contribution in [2.45, 2.75) is 38.6 Å². The van der Waals surface area contributed by atoms with Crippen LogP contribution in [0.4, 0.5) is 0 Å². The second kappa shape index (κ2) is 5.33. The van der Waals surface area contributed by atoms with Gasteiger partial charge >= 0.3 is 5.97 Å². The fourth-order valence-electron chi connectivity index (χ4n) is 1.06. The molecule has 0 aromatic heterocycles. The Balaban J connectivity index is 4.06. The molecule has 0 rings (SSSR count). The zero-order valence-electron chi connectivity index (χ0n) is 8.87. The van der Waals surface area contributed by atoms with Crippen LogP contribution in [0.2, 0.25) is 0 Å². The van der Waals surface area contributed by atoms with Crippen LogP contribution in [0.3, 0.4) is 0 Å². The summed E-state index contributed by atoms with van der Waals surface area (Å²) in [6, 6.07) is 0. The molecule has 0 heterocycles. The average molecular weight is 216 g/mol. The molecule has 86 valence electrons. The van der Waals surface area contributed by atoms with Gasteiger partial charge in [0.1, 0.15) is 6.42 Å². The highest BCUT2D eigenvalue weighted by atomic mass is 16.4. The van der Waals surface area contributed by atoms with Crippen LogP contribution in [0.5, 0.6) is 0 Å². The molecule has 15 heavy (non-hydrogen) atoms. The number of carbonyl (C=O) groups excluding carboxylic acids is 2. The lowest BCUT2D eigenvalue weighted by Gasteiger charge is -2.25. The maximum Gasteiger partial charge on any atom is 0.303 e. The van der Waals surface area contributed by atoms with E-state index in [-0.39, 0.29) is 12.8 Å². The molecular weight excluding hydrogens is 200 g/mol. The van der Waals surface area contributed by atoms with Gasteiger partial charge in [0.2, 0.25) is 11.8 Å². The van der Waals surface area contributed by atoms with E-state index in [1.807, 2.05) is 0 Å². The second-order valence-corrected chi connectivity index (χ2v) is 3.97. The Bertz CT molecular complexity index is 273. The molecule has 0 spiro atoms. The number of amides is 2. The Labute approximate surface area is 87.8 Å². The Kier molecular flexibility index (Phi) is 4.77. The monoisotopic (exact) mass is 216 g/mol. The average Bonchev–Trinajstić information content (AvgIpc) is 1.98. The summed E-state index contributed by atoms with van der Waals surface area (Å²) < 4.78 is 0. The van der Waals surface area contributed by atoms with Crippen molar-refractivity contribution in [1.29, 1.82) is 0 Å². The third kappa shape index (κ3) is 7.48. The first-order chi connectivity index (χ1) is 6.73. The first-order valence-corrected chi connectivity index (χ1v) is 4.54. The first-order valence-electron chi connectivity index (χ1n) is 4.54. The third-order valence-corrected chi connectivity index (χ3v) is 1.78. The zero-order valence-corrected chi connectivity index (χ0v) is 8.87. The molecular formula is C9H16N2O4. The van der Waals surface area contributed by atoms with Gasteiger partial charge < -0.3 is 16.2 Å². The van der Waals surface area contributed by atoms with E-state index < -0.39 is 23.3 Å². The molecule has 6 nitrogen and oxygen atoms in total. The molecule has 0 bridgehead atoms. The van der Waals surface area contributed by atoms with E-state index in [9.17, 15) is 14.4 Å².